The van der Waals surface area contributed by atoms with Crippen molar-refractivity contribution < 1.29 is 13.1 Å². The quantitative estimate of drug-likeness (QED) is 0.271. The second-order valence-electron chi connectivity index (χ2n) is 7.86. The Morgan fingerprint density at radius 2 is 1.27 bits per heavy atom. The van der Waals surface area contributed by atoms with Crippen LogP contribution in [0.5, 0.6) is 0 Å². The van der Waals surface area contributed by atoms with Gasteiger partial charge in [-0.1, -0.05) is 57.2 Å². The zero-order valence-corrected chi connectivity index (χ0v) is 20.5. The fourth-order valence-electron chi connectivity index (χ4n) is 3.00. The maximum absolute atomic E-state index is 4.76. The van der Waals surface area contributed by atoms with E-state index < -0.39 is 0 Å². The zero-order valence-electron chi connectivity index (χ0n) is 17.9. The van der Waals surface area contributed by atoms with Crippen LogP contribution in [0.2, 0.25) is 0 Å². The molecular weight excluding hydrogens is 457 g/mol. The van der Waals surface area contributed by atoms with Gasteiger partial charge in [-0.3, -0.25) is 9.98 Å². The molecular formula is C24H27Cl2FeN3. The molecule has 1 aromatic heterocycles. The molecule has 0 amide bonds. The predicted molar refractivity (Wildman–Crippen MR) is 128 cm³/mol. The SMILES string of the molecule is Cc1ccccc1N=Cc1ccc(C=Nc2ccccc2C(C)(C)C)n1C.[Cl][Fe][Cl]. The molecule has 0 aliphatic heterocycles. The molecule has 0 bridgehead atoms. The van der Waals surface area contributed by atoms with Gasteiger partial charge in [-0.05, 0) is 47.7 Å². The summed E-state index contributed by atoms with van der Waals surface area (Å²) in [5.74, 6) is 0. The number of nitrogens with zero attached hydrogens (tertiary/aromatic N) is 3. The molecule has 2 aromatic carbocycles. The van der Waals surface area contributed by atoms with Gasteiger partial charge in [0.05, 0.1) is 35.2 Å². The summed E-state index contributed by atoms with van der Waals surface area (Å²) in [6.45, 7) is 8.71. The van der Waals surface area contributed by atoms with Crippen LogP contribution in [0.4, 0.5) is 11.4 Å². The van der Waals surface area contributed by atoms with Gasteiger partial charge in [0.1, 0.15) is 0 Å². The molecule has 0 unspecified atom stereocenters. The normalized spacial score (nSPS) is 11.8. The standard InChI is InChI=1S/C24H27N3.2ClH.Fe/c1-18-10-6-8-12-22(18)25-16-19-14-15-20(27(19)5)17-26-23-13-9-7-11-21(23)24(2,3)4;;;/h6-17H,1-5H3;2*1H;/q;;;+2/p-2. The summed E-state index contributed by atoms with van der Waals surface area (Å²) in [6, 6.07) is 20.6. The summed E-state index contributed by atoms with van der Waals surface area (Å²) in [5.41, 5.74) is 6.58. The Hall–Kier alpha value is -1.84. The summed E-state index contributed by atoms with van der Waals surface area (Å²) in [6.07, 6.45) is 3.83. The number of rotatable bonds is 4. The third-order valence-corrected chi connectivity index (χ3v) is 4.70. The molecule has 0 aliphatic carbocycles. The first-order chi connectivity index (χ1) is 14.3. The van der Waals surface area contributed by atoms with E-state index in [9.17, 15) is 0 Å². The van der Waals surface area contributed by atoms with Crippen LogP contribution >= 0.6 is 20.2 Å². The van der Waals surface area contributed by atoms with E-state index in [2.05, 4.69) is 73.7 Å². The first kappa shape index (κ1) is 24.4. The van der Waals surface area contributed by atoms with Crippen LogP contribution in [0.1, 0.15) is 43.3 Å². The molecule has 160 valence electrons. The molecule has 0 fully saturated rings. The van der Waals surface area contributed by atoms with E-state index in [0.29, 0.717) is 0 Å². The molecule has 30 heavy (non-hydrogen) atoms. The first-order valence-electron chi connectivity index (χ1n) is 9.52. The van der Waals surface area contributed by atoms with Gasteiger partial charge in [-0.15, -0.1) is 0 Å². The minimum atomic E-state index is 0.0630. The van der Waals surface area contributed by atoms with E-state index in [1.807, 2.05) is 43.7 Å². The Morgan fingerprint density at radius 3 is 1.80 bits per heavy atom. The average molecular weight is 484 g/mol. The van der Waals surface area contributed by atoms with Crippen molar-refractivity contribution in [3.8, 4) is 0 Å². The van der Waals surface area contributed by atoms with Crippen LogP contribution in [0, 0.1) is 6.92 Å². The van der Waals surface area contributed by atoms with Crippen LogP contribution in [-0.4, -0.2) is 17.0 Å². The van der Waals surface area contributed by atoms with Crippen LogP contribution in [0.3, 0.4) is 0 Å². The number of hydrogen-bond acceptors (Lipinski definition) is 2. The van der Waals surface area contributed by atoms with Crippen molar-refractivity contribution in [3.63, 3.8) is 0 Å². The maximum atomic E-state index is 4.76. The number of benzene rings is 2. The second kappa shape index (κ2) is 11.5. The van der Waals surface area contributed by atoms with Gasteiger partial charge in [-0.25, -0.2) is 0 Å². The molecule has 0 radical (unpaired) electrons. The third kappa shape index (κ3) is 6.85. The molecule has 1 heterocycles. The Kier molecular flexibility index (Phi) is 9.38. The van der Waals surface area contributed by atoms with E-state index in [1.54, 1.807) is 0 Å². The number of aromatic nitrogens is 1. The summed E-state index contributed by atoms with van der Waals surface area (Å²) < 4.78 is 2.10. The Bertz CT molecular complexity index is 1020. The Labute approximate surface area is 194 Å². The van der Waals surface area contributed by atoms with Crippen molar-refractivity contribution in [3.05, 3.63) is 83.2 Å². The van der Waals surface area contributed by atoms with E-state index >= 15 is 0 Å². The molecule has 3 nitrogen and oxygen atoms in total. The van der Waals surface area contributed by atoms with Crippen molar-refractivity contribution >= 4 is 44.0 Å². The molecule has 0 saturated carbocycles. The van der Waals surface area contributed by atoms with Gasteiger partial charge in [0, 0.05) is 7.05 Å². The van der Waals surface area contributed by atoms with Gasteiger partial charge < -0.3 is 4.57 Å². The molecule has 3 aromatic rings. The molecule has 0 aliphatic rings. The Balaban J connectivity index is 0.00000101. The molecule has 0 atom stereocenters. The van der Waals surface area contributed by atoms with Gasteiger partial charge in [-0.2, -0.15) is 0 Å². The number of hydrogen-bond donors (Lipinski definition) is 0. The predicted octanol–water partition coefficient (Wildman–Crippen LogP) is 7.51. The molecule has 0 N–H and O–H groups in total. The molecule has 6 heteroatoms. The van der Waals surface area contributed by atoms with Gasteiger partial charge in [0.15, 0.2) is 0 Å². The van der Waals surface area contributed by atoms with E-state index in [4.69, 9.17) is 25.2 Å². The summed E-state index contributed by atoms with van der Waals surface area (Å²) in [4.78, 5) is 9.38. The monoisotopic (exact) mass is 483 g/mol. The van der Waals surface area contributed by atoms with Crippen molar-refractivity contribution in [2.75, 3.05) is 0 Å². The molecule has 0 spiro atoms. The number of aliphatic imine (C=N–C) groups is 2. The first-order valence-corrected chi connectivity index (χ1v) is 12.6. The Morgan fingerprint density at radius 1 is 0.800 bits per heavy atom. The summed E-state index contributed by atoms with van der Waals surface area (Å²) in [7, 11) is 11.6. The van der Waals surface area contributed by atoms with Crippen LogP contribution in [0.25, 0.3) is 0 Å². The van der Waals surface area contributed by atoms with E-state index in [1.165, 1.54) is 11.1 Å². The van der Waals surface area contributed by atoms with E-state index in [0.717, 1.165) is 22.8 Å². The van der Waals surface area contributed by atoms with E-state index in [-0.39, 0.29) is 18.5 Å². The second-order valence-corrected chi connectivity index (χ2v) is 9.69. The number of aryl methyl sites for hydroxylation is 1. The molecule has 3 rings (SSSR count). The molecule has 0 saturated heterocycles. The number of para-hydroxylation sites is 2. The summed E-state index contributed by atoms with van der Waals surface area (Å²) in [5, 5.41) is 0. The van der Waals surface area contributed by atoms with Crippen LogP contribution < -0.4 is 0 Å². The average Bonchev–Trinajstić information content (AvgIpc) is 3.05. The van der Waals surface area contributed by atoms with Crippen molar-refractivity contribution in [1.29, 1.82) is 0 Å². The van der Waals surface area contributed by atoms with Crippen LogP contribution in [0.15, 0.2) is 70.6 Å². The minimum absolute atomic E-state index is 0.0630. The fraction of sp³-hybridized carbons (Fsp3) is 0.250. The zero-order chi connectivity index (χ0) is 22.1. The van der Waals surface area contributed by atoms with Crippen molar-refractivity contribution in [1.82, 2.24) is 4.57 Å². The van der Waals surface area contributed by atoms with Crippen molar-refractivity contribution in [2.45, 2.75) is 33.1 Å². The summed E-state index contributed by atoms with van der Waals surface area (Å²) >= 11 is 0.194. The topological polar surface area (TPSA) is 29.6 Å². The van der Waals surface area contributed by atoms with Crippen LogP contribution in [-0.2, 0) is 25.6 Å². The van der Waals surface area contributed by atoms with Gasteiger partial charge in [0.2, 0.25) is 0 Å². The third-order valence-electron chi connectivity index (χ3n) is 4.70. The van der Waals surface area contributed by atoms with Crippen molar-refractivity contribution in [2.24, 2.45) is 17.0 Å². The number of halogens is 2. The van der Waals surface area contributed by atoms with Gasteiger partial charge >= 0.3 is 33.3 Å². The fourth-order valence-corrected chi connectivity index (χ4v) is 3.00. The van der Waals surface area contributed by atoms with Gasteiger partial charge in [0.25, 0.3) is 0 Å².